The summed E-state index contributed by atoms with van der Waals surface area (Å²) >= 11 is 3.54. The molecule has 0 spiro atoms. The van der Waals surface area contributed by atoms with Crippen LogP contribution in [0.5, 0.6) is 0 Å². The second-order valence-electron chi connectivity index (χ2n) is 2.00. The van der Waals surface area contributed by atoms with E-state index >= 15 is 0 Å². The molecule has 0 N–H and O–H groups in total. The Morgan fingerprint density at radius 2 is 1.83 bits per heavy atom. The third-order valence-electron chi connectivity index (χ3n) is 1.12. The molecule has 12 heavy (non-hydrogen) atoms. The van der Waals surface area contributed by atoms with Gasteiger partial charge < -0.3 is 0 Å². The molecular weight excluding hydrogens is 194 g/mol. The van der Waals surface area contributed by atoms with E-state index in [0.29, 0.717) is 6.07 Å². The van der Waals surface area contributed by atoms with Crippen LogP contribution in [0.25, 0.3) is 0 Å². The highest BCUT2D eigenvalue weighted by molar-refractivity contribution is 7.80. The summed E-state index contributed by atoms with van der Waals surface area (Å²) in [7, 11) is 0. The fourth-order valence-electron chi connectivity index (χ4n) is 0.585. The van der Waals surface area contributed by atoms with Crippen LogP contribution in [0.2, 0.25) is 0 Å². The molecule has 0 aliphatic rings. The van der Waals surface area contributed by atoms with Gasteiger partial charge in [0.15, 0.2) is 0 Å². The van der Waals surface area contributed by atoms with Crippen molar-refractivity contribution in [1.82, 2.24) is 4.98 Å². The molecule has 1 nitrogen and oxygen atoms in total. The number of hydrogen-bond donors (Lipinski definition) is 1. The van der Waals surface area contributed by atoms with Crippen LogP contribution in [-0.4, -0.2) is 4.98 Å². The lowest BCUT2D eigenvalue weighted by Gasteiger charge is -2.04. The van der Waals surface area contributed by atoms with E-state index in [0.717, 1.165) is 6.07 Å². The SMILES string of the molecule is Fc1nc(C(F)(F)F)ccc1S. The number of thiol groups is 1. The fraction of sp³-hybridized carbons (Fsp3) is 0.167. The van der Waals surface area contributed by atoms with Crippen LogP contribution in [0.3, 0.4) is 0 Å². The van der Waals surface area contributed by atoms with Crippen molar-refractivity contribution in [3.05, 3.63) is 23.8 Å². The Morgan fingerprint density at radius 1 is 1.25 bits per heavy atom. The van der Waals surface area contributed by atoms with Crippen LogP contribution in [0.15, 0.2) is 17.0 Å². The summed E-state index contributed by atoms with van der Waals surface area (Å²) in [5.41, 5.74) is -1.25. The number of rotatable bonds is 0. The minimum absolute atomic E-state index is 0.206. The van der Waals surface area contributed by atoms with Gasteiger partial charge in [-0.1, -0.05) is 0 Å². The maximum atomic E-state index is 12.4. The Hall–Kier alpha value is -0.780. The average molecular weight is 197 g/mol. The molecule has 1 heterocycles. The van der Waals surface area contributed by atoms with Crippen LogP contribution < -0.4 is 0 Å². The minimum atomic E-state index is -4.61. The van der Waals surface area contributed by atoms with E-state index in [1.165, 1.54) is 0 Å². The molecule has 1 aromatic heterocycles. The Morgan fingerprint density at radius 3 is 2.25 bits per heavy atom. The molecule has 66 valence electrons. The number of hydrogen-bond acceptors (Lipinski definition) is 2. The molecule has 0 unspecified atom stereocenters. The van der Waals surface area contributed by atoms with Gasteiger partial charge in [-0.15, -0.1) is 12.6 Å². The summed E-state index contributed by atoms with van der Waals surface area (Å²) in [6, 6.07) is 1.58. The Labute approximate surface area is 70.8 Å². The third kappa shape index (κ3) is 1.88. The third-order valence-corrected chi connectivity index (χ3v) is 1.45. The number of pyridine rings is 1. The van der Waals surface area contributed by atoms with Crippen molar-refractivity contribution in [2.45, 2.75) is 11.1 Å². The zero-order valence-electron chi connectivity index (χ0n) is 5.56. The Kier molecular flexibility index (Phi) is 2.27. The van der Waals surface area contributed by atoms with Gasteiger partial charge in [-0.3, -0.25) is 0 Å². The lowest BCUT2D eigenvalue weighted by Crippen LogP contribution is -2.08. The summed E-state index contributed by atoms with van der Waals surface area (Å²) in [6.45, 7) is 0. The summed E-state index contributed by atoms with van der Waals surface area (Å²) < 4.78 is 48.0. The van der Waals surface area contributed by atoms with Gasteiger partial charge in [0.2, 0.25) is 5.95 Å². The van der Waals surface area contributed by atoms with Gasteiger partial charge in [-0.25, -0.2) is 4.98 Å². The van der Waals surface area contributed by atoms with Crippen molar-refractivity contribution >= 4 is 12.6 Å². The van der Waals surface area contributed by atoms with Crippen LogP contribution >= 0.6 is 12.6 Å². The van der Waals surface area contributed by atoms with E-state index in [9.17, 15) is 17.6 Å². The second kappa shape index (κ2) is 2.93. The summed E-state index contributed by atoms with van der Waals surface area (Å²) in [6.07, 6.45) is -4.61. The van der Waals surface area contributed by atoms with Crippen molar-refractivity contribution in [3.8, 4) is 0 Å². The molecule has 0 aliphatic heterocycles. The van der Waals surface area contributed by atoms with Gasteiger partial charge in [0.05, 0.1) is 4.90 Å². The first-order valence-electron chi connectivity index (χ1n) is 2.84. The molecule has 0 aliphatic carbocycles. The number of alkyl halides is 3. The van der Waals surface area contributed by atoms with Gasteiger partial charge >= 0.3 is 6.18 Å². The number of nitrogens with zero attached hydrogens (tertiary/aromatic N) is 1. The van der Waals surface area contributed by atoms with Crippen LogP contribution in [0, 0.1) is 5.95 Å². The summed E-state index contributed by atoms with van der Waals surface area (Å²) in [5.74, 6) is -1.21. The lowest BCUT2D eigenvalue weighted by atomic mass is 10.3. The first-order valence-corrected chi connectivity index (χ1v) is 3.28. The predicted molar refractivity (Wildman–Crippen MR) is 36.4 cm³/mol. The molecule has 0 radical (unpaired) electrons. The molecule has 6 heteroatoms. The molecule has 0 saturated carbocycles. The van der Waals surface area contributed by atoms with Crippen molar-refractivity contribution < 1.29 is 17.6 Å². The zero-order valence-corrected chi connectivity index (χ0v) is 6.46. The van der Waals surface area contributed by atoms with Crippen molar-refractivity contribution in [3.63, 3.8) is 0 Å². The predicted octanol–water partition coefficient (Wildman–Crippen LogP) is 2.53. The van der Waals surface area contributed by atoms with Gasteiger partial charge in [0.25, 0.3) is 0 Å². The van der Waals surface area contributed by atoms with Crippen LogP contribution in [-0.2, 0) is 6.18 Å². The normalized spacial score (nSPS) is 11.8. The quantitative estimate of drug-likeness (QED) is 0.383. The monoisotopic (exact) mass is 197 g/mol. The van der Waals surface area contributed by atoms with Gasteiger partial charge in [0.1, 0.15) is 5.69 Å². The van der Waals surface area contributed by atoms with E-state index in [2.05, 4.69) is 17.6 Å². The van der Waals surface area contributed by atoms with Crippen LogP contribution in [0.1, 0.15) is 5.69 Å². The Bertz CT molecular complexity index is 296. The largest absolute Gasteiger partial charge is 0.433 e. The first kappa shape index (κ1) is 9.31. The van der Waals surface area contributed by atoms with E-state index in [-0.39, 0.29) is 4.90 Å². The second-order valence-corrected chi connectivity index (χ2v) is 2.49. The molecule has 0 atom stereocenters. The van der Waals surface area contributed by atoms with Gasteiger partial charge in [-0.05, 0) is 12.1 Å². The first-order chi connectivity index (χ1) is 5.41. The topological polar surface area (TPSA) is 12.9 Å². The zero-order chi connectivity index (χ0) is 9.35. The molecule has 0 fully saturated rings. The highest BCUT2D eigenvalue weighted by Crippen LogP contribution is 2.28. The van der Waals surface area contributed by atoms with E-state index in [4.69, 9.17) is 0 Å². The standard InChI is InChI=1S/C6H3F4NS/c7-5-3(12)1-2-4(11-5)6(8,9)10/h1-2,12H. The van der Waals surface area contributed by atoms with Crippen molar-refractivity contribution in [1.29, 1.82) is 0 Å². The molecule has 1 rings (SSSR count). The highest BCUT2D eigenvalue weighted by atomic mass is 32.1. The van der Waals surface area contributed by atoms with Crippen LogP contribution in [0.4, 0.5) is 17.6 Å². The molecular formula is C6H3F4NS. The maximum Gasteiger partial charge on any atom is 0.433 e. The van der Waals surface area contributed by atoms with E-state index in [1.54, 1.807) is 0 Å². The van der Waals surface area contributed by atoms with Gasteiger partial charge in [-0.2, -0.15) is 17.6 Å². The average Bonchev–Trinajstić information content (AvgIpc) is 1.92. The van der Waals surface area contributed by atoms with Gasteiger partial charge in [0, 0.05) is 0 Å². The smallest absolute Gasteiger partial charge is 0.214 e. The minimum Gasteiger partial charge on any atom is -0.214 e. The highest BCUT2D eigenvalue weighted by Gasteiger charge is 2.32. The van der Waals surface area contributed by atoms with E-state index in [1.807, 2.05) is 0 Å². The molecule has 0 bridgehead atoms. The summed E-state index contributed by atoms with van der Waals surface area (Å²) in [5, 5.41) is 0. The van der Waals surface area contributed by atoms with Crippen molar-refractivity contribution in [2.24, 2.45) is 0 Å². The molecule has 0 aromatic carbocycles. The molecule has 0 saturated heterocycles. The Balaban J connectivity index is 3.14. The molecule has 0 amide bonds. The lowest BCUT2D eigenvalue weighted by molar-refractivity contribution is -0.141. The molecule has 1 aromatic rings. The number of aromatic nitrogens is 1. The number of halogens is 4. The summed E-state index contributed by atoms with van der Waals surface area (Å²) in [4.78, 5) is 2.47. The van der Waals surface area contributed by atoms with E-state index < -0.39 is 17.8 Å². The maximum absolute atomic E-state index is 12.4. The van der Waals surface area contributed by atoms with Crippen molar-refractivity contribution in [2.75, 3.05) is 0 Å². The fourth-order valence-corrected chi connectivity index (χ4v) is 0.709.